The first-order chi connectivity index (χ1) is 18.7. The molecule has 1 saturated heterocycles. The number of nitrogens with two attached hydrogens (primary N) is 1. The number of amides is 1. The second-order valence-corrected chi connectivity index (χ2v) is 10.8. The fourth-order valence-electron chi connectivity index (χ4n) is 4.84. The number of carbonyl (C=O) groups excluding carboxylic acids is 1. The molecule has 1 aliphatic heterocycles. The molecule has 0 saturated carbocycles. The van der Waals surface area contributed by atoms with Gasteiger partial charge in [-0.15, -0.1) is 0 Å². The predicted octanol–water partition coefficient (Wildman–Crippen LogP) is 5.53. The van der Waals surface area contributed by atoms with Crippen molar-refractivity contribution in [3.05, 3.63) is 72.6 Å². The third kappa shape index (κ3) is 5.60. The van der Waals surface area contributed by atoms with E-state index in [1.165, 1.54) is 6.33 Å². The van der Waals surface area contributed by atoms with Crippen molar-refractivity contribution in [3.63, 3.8) is 0 Å². The van der Waals surface area contributed by atoms with Crippen LogP contribution in [0.4, 0.5) is 5.82 Å². The van der Waals surface area contributed by atoms with E-state index in [9.17, 15) is 10.1 Å². The number of nitrogens with zero attached hydrogens (tertiary/aromatic N) is 6. The van der Waals surface area contributed by atoms with Gasteiger partial charge in [-0.3, -0.25) is 4.79 Å². The van der Waals surface area contributed by atoms with Crippen LogP contribution in [0.2, 0.25) is 0 Å². The fourth-order valence-corrected chi connectivity index (χ4v) is 4.84. The van der Waals surface area contributed by atoms with E-state index in [0.717, 1.165) is 24.2 Å². The van der Waals surface area contributed by atoms with Gasteiger partial charge in [-0.1, -0.05) is 45.0 Å². The zero-order chi connectivity index (χ0) is 27.6. The molecule has 0 radical (unpaired) electrons. The van der Waals surface area contributed by atoms with Crippen LogP contribution in [-0.4, -0.2) is 43.6 Å². The lowest BCUT2D eigenvalue weighted by Gasteiger charge is -2.33. The molecule has 4 aromatic rings. The number of likely N-dealkylation sites (tertiary alicyclic amines) is 1. The van der Waals surface area contributed by atoms with Crippen LogP contribution in [0.5, 0.6) is 11.5 Å². The molecule has 9 nitrogen and oxygen atoms in total. The summed E-state index contributed by atoms with van der Waals surface area (Å²) in [4.78, 5) is 23.7. The van der Waals surface area contributed by atoms with Crippen LogP contribution in [0.1, 0.15) is 39.7 Å². The molecule has 0 aliphatic carbocycles. The number of rotatable bonds is 5. The molecule has 1 aliphatic rings. The van der Waals surface area contributed by atoms with E-state index < -0.39 is 0 Å². The number of anilines is 1. The predicted molar refractivity (Wildman–Crippen MR) is 150 cm³/mol. The molecule has 2 aromatic heterocycles. The maximum atomic E-state index is 13.2. The number of benzene rings is 2. The smallest absolute Gasteiger partial charge is 0.264 e. The highest BCUT2D eigenvalue weighted by molar-refractivity contribution is 5.99. The van der Waals surface area contributed by atoms with Crippen LogP contribution in [-0.2, 0) is 4.79 Å². The second-order valence-electron chi connectivity index (χ2n) is 10.8. The lowest BCUT2D eigenvalue weighted by atomic mass is 9.93. The molecule has 2 aromatic carbocycles. The number of hydrogen-bond donors (Lipinski definition) is 1. The van der Waals surface area contributed by atoms with Crippen LogP contribution < -0.4 is 10.5 Å². The van der Waals surface area contributed by atoms with Crippen LogP contribution in [0, 0.1) is 16.7 Å². The number of carbonyl (C=O) groups is 1. The Bertz CT molecular complexity index is 1560. The summed E-state index contributed by atoms with van der Waals surface area (Å²) >= 11 is 0. The number of hydrogen-bond acceptors (Lipinski definition) is 7. The number of nitriles is 1. The van der Waals surface area contributed by atoms with E-state index >= 15 is 0 Å². The van der Waals surface area contributed by atoms with Crippen LogP contribution in [0.25, 0.3) is 22.3 Å². The van der Waals surface area contributed by atoms with Gasteiger partial charge >= 0.3 is 0 Å². The van der Waals surface area contributed by atoms with Gasteiger partial charge in [0.1, 0.15) is 41.0 Å². The van der Waals surface area contributed by atoms with Crippen LogP contribution >= 0.6 is 0 Å². The third-order valence-electron chi connectivity index (χ3n) is 6.58. The van der Waals surface area contributed by atoms with Gasteiger partial charge in [0.05, 0.1) is 11.4 Å². The average molecular weight is 522 g/mol. The Morgan fingerprint density at radius 2 is 1.82 bits per heavy atom. The summed E-state index contributed by atoms with van der Waals surface area (Å²) in [5.41, 5.74) is 8.35. The molecular formula is C30H31N7O2. The minimum Gasteiger partial charge on any atom is -0.457 e. The first-order valence-corrected chi connectivity index (χ1v) is 13.0. The van der Waals surface area contributed by atoms with E-state index in [-0.39, 0.29) is 22.9 Å². The number of allylic oxidation sites excluding steroid dienone is 1. The minimum atomic E-state index is -0.279. The number of ether oxygens (including phenoxy) is 1. The lowest BCUT2D eigenvalue weighted by molar-refractivity contribution is -0.128. The van der Waals surface area contributed by atoms with Crippen molar-refractivity contribution in [2.75, 3.05) is 18.8 Å². The molecule has 0 spiro atoms. The number of fused-ring (bicyclic) bond motifs is 1. The summed E-state index contributed by atoms with van der Waals surface area (Å²) in [6.07, 6.45) is 4.77. The average Bonchev–Trinajstić information content (AvgIpc) is 3.33. The summed E-state index contributed by atoms with van der Waals surface area (Å²) < 4.78 is 7.79. The van der Waals surface area contributed by atoms with Gasteiger partial charge in [-0.2, -0.15) is 10.4 Å². The Morgan fingerprint density at radius 1 is 1.10 bits per heavy atom. The Morgan fingerprint density at radius 3 is 2.51 bits per heavy atom. The first kappa shape index (κ1) is 25.9. The number of nitrogen functional groups attached to an aromatic ring is 1. The largest absolute Gasteiger partial charge is 0.457 e. The van der Waals surface area contributed by atoms with Crippen molar-refractivity contribution >= 4 is 22.8 Å². The normalized spacial score (nSPS) is 16.2. The monoisotopic (exact) mass is 521 g/mol. The van der Waals surface area contributed by atoms with Gasteiger partial charge in [-0.25, -0.2) is 14.6 Å². The van der Waals surface area contributed by atoms with Crippen LogP contribution in [0.15, 0.2) is 72.6 Å². The summed E-state index contributed by atoms with van der Waals surface area (Å²) in [6.45, 7) is 6.92. The maximum Gasteiger partial charge on any atom is 0.264 e. The second kappa shape index (κ2) is 10.6. The number of piperidine rings is 1. The molecule has 2 N–H and O–H groups in total. The summed E-state index contributed by atoms with van der Waals surface area (Å²) in [7, 11) is 0. The molecule has 1 fully saturated rings. The molecule has 1 amide bonds. The molecule has 198 valence electrons. The fraction of sp³-hybridized carbons (Fsp3) is 0.300. The van der Waals surface area contributed by atoms with E-state index in [1.54, 1.807) is 11.0 Å². The van der Waals surface area contributed by atoms with Crippen molar-refractivity contribution in [1.82, 2.24) is 24.6 Å². The quantitative estimate of drug-likeness (QED) is 0.271. The molecule has 9 heteroatoms. The Hall–Kier alpha value is -4.71. The molecule has 1 atom stereocenters. The molecule has 5 rings (SSSR count). The summed E-state index contributed by atoms with van der Waals surface area (Å²) in [6, 6.07) is 19.2. The van der Waals surface area contributed by atoms with Crippen molar-refractivity contribution in [2.45, 2.75) is 39.7 Å². The zero-order valence-corrected chi connectivity index (χ0v) is 22.3. The summed E-state index contributed by atoms with van der Waals surface area (Å²) in [5.74, 6) is 1.55. The number of para-hydroxylation sites is 1. The Labute approximate surface area is 227 Å². The van der Waals surface area contributed by atoms with Crippen molar-refractivity contribution in [3.8, 4) is 28.8 Å². The van der Waals surface area contributed by atoms with E-state index in [4.69, 9.17) is 15.6 Å². The standard InChI is InChI=1S/C30H31N7O2/c1-30(2,3)16-21(17-31)29(38)36-15-7-8-22(18-36)37-28-25(27(32)33-19-34-28)26(35-37)20-11-13-24(14-12-20)39-23-9-5-4-6-10-23/h4-6,9-14,16,19,22H,7-8,15,18H2,1-3H3,(H2,32,33,34)/t22-/m0/s1. The highest BCUT2D eigenvalue weighted by Gasteiger charge is 2.30. The summed E-state index contributed by atoms with van der Waals surface area (Å²) in [5, 5.41) is 15.3. The molecule has 0 unspecified atom stereocenters. The van der Waals surface area contributed by atoms with Gasteiger partial charge in [0, 0.05) is 18.7 Å². The van der Waals surface area contributed by atoms with Gasteiger partial charge < -0.3 is 15.4 Å². The van der Waals surface area contributed by atoms with E-state index in [1.807, 2.05) is 80.1 Å². The zero-order valence-electron chi connectivity index (χ0n) is 22.3. The van der Waals surface area contributed by atoms with E-state index in [0.29, 0.717) is 41.4 Å². The van der Waals surface area contributed by atoms with Crippen molar-refractivity contribution in [1.29, 1.82) is 5.26 Å². The van der Waals surface area contributed by atoms with Crippen molar-refractivity contribution < 1.29 is 9.53 Å². The molecule has 0 bridgehead atoms. The van der Waals surface area contributed by atoms with Crippen LogP contribution in [0.3, 0.4) is 0 Å². The Balaban J connectivity index is 1.46. The Kier molecular flexibility index (Phi) is 7.03. The first-order valence-electron chi connectivity index (χ1n) is 13.0. The highest BCUT2D eigenvalue weighted by atomic mass is 16.5. The third-order valence-corrected chi connectivity index (χ3v) is 6.58. The lowest BCUT2D eigenvalue weighted by Crippen LogP contribution is -2.41. The molecule has 39 heavy (non-hydrogen) atoms. The SMILES string of the molecule is CC(C)(C)C=C(C#N)C(=O)N1CCC[C@H](n2nc(-c3ccc(Oc4ccccc4)cc3)c3c(N)ncnc32)C1. The maximum absolute atomic E-state index is 13.2. The van der Waals surface area contributed by atoms with Gasteiger partial charge in [-0.05, 0) is 54.7 Å². The van der Waals surface area contributed by atoms with Crippen molar-refractivity contribution in [2.24, 2.45) is 5.41 Å². The topological polar surface area (TPSA) is 123 Å². The molecule has 3 heterocycles. The van der Waals surface area contributed by atoms with Gasteiger partial charge in [0.15, 0.2) is 5.65 Å². The van der Waals surface area contributed by atoms with E-state index in [2.05, 4.69) is 16.0 Å². The highest BCUT2D eigenvalue weighted by Crippen LogP contribution is 2.35. The minimum absolute atomic E-state index is 0.122. The van der Waals surface area contributed by atoms with Gasteiger partial charge in [0.25, 0.3) is 5.91 Å². The number of aromatic nitrogens is 4. The van der Waals surface area contributed by atoms with Gasteiger partial charge in [0.2, 0.25) is 0 Å². The molecular weight excluding hydrogens is 490 g/mol.